The van der Waals surface area contributed by atoms with Gasteiger partial charge in [-0.15, -0.1) is 0 Å². The number of hydrogen-bond donors (Lipinski definition) is 0. The van der Waals surface area contributed by atoms with Gasteiger partial charge in [0, 0.05) is 25.3 Å². The number of halogens is 3. The van der Waals surface area contributed by atoms with Crippen LogP contribution in [0.1, 0.15) is 27.9 Å². The summed E-state index contributed by atoms with van der Waals surface area (Å²) in [5.41, 5.74) is 0.949. The van der Waals surface area contributed by atoms with Crippen LogP contribution in [0.3, 0.4) is 0 Å². The summed E-state index contributed by atoms with van der Waals surface area (Å²) in [4.78, 5) is 27.5. The SMILES string of the molecule is COC(=O)c1ccc(N2CCCN(Cc3ccc(C(F)(F)F)cc3)C2=O)cc1. The molecular weight excluding hydrogens is 373 g/mol. The molecule has 0 aliphatic carbocycles. The minimum atomic E-state index is -4.38. The van der Waals surface area contributed by atoms with Crippen molar-refractivity contribution in [2.45, 2.75) is 19.1 Å². The molecule has 1 saturated heterocycles. The van der Waals surface area contributed by atoms with Gasteiger partial charge in [0.05, 0.1) is 18.2 Å². The lowest BCUT2D eigenvalue weighted by molar-refractivity contribution is -0.137. The Balaban J connectivity index is 1.71. The van der Waals surface area contributed by atoms with Crippen LogP contribution in [0.5, 0.6) is 0 Å². The number of carbonyl (C=O) groups is 2. The number of methoxy groups -OCH3 is 1. The first-order chi connectivity index (χ1) is 13.3. The Morgan fingerprint density at radius 2 is 1.68 bits per heavy atom. The maximum absolute atomic E-state index is 12.8. The molecule has 8 heteroatoms. The van der Waals surface area contributed by atoms with E-state index in [1.165, 1.54) is 19.2 Å². The Morgan fingerprint density at radius 3 is 2.25 bits per heavy atom. The summed E-state index contributed by atoms with van der Waals surface area (Å²) in [6, 6.07) is 11.1. The number of alkyl halides is 3. The number of anilines is 1. The molecule has 0 bridgehead atoms. The molecule has 5 nitrogen and oxygen atoms in total. The molecule has 2 amide bonds. The molecule has 0 radical (unpaired) electrons. The van der Waals surface area contributed by atoms with Crippen molar-refractivity contribution in [1.82, 2.24) is 4.90 Å². The van der Waals surface area contributed by atoms with E-state index in [0.717, 1.165) is 18.6 Å². The van der Waals surface area contributed by atoms with Crippen LogP contribution in [-0.4, -0.2) is 37.1 Å². The van der Waals surface area contributed by atoms with Gasteiger partial charge in [0.1, 0.15) is 0 Å². The second-order valence-corrected chi connectivity index (χ2v) is 6.44. The molecule has 0 atom stereocenters. The van der Waals surface area contributed by atoms with Crippen LogP contribution in [0.25, 0.3) is 0 Å². The predicted molar refractivity (Wildman–Crippen MR) is 97.0 cm³/mol. The zero-order valence-corrected chi connectivity index (χ0v) is 15.2. The molecule has 2 aromatic carbocycles. The largest absolute Gasteiger partial charge is 0.465 e. The predicted octanol–water partition coefficient (Wildman–Crippen LogP) is 4.32. The van der Waals surface area contributed by atoms with Crippen LogP contribution >= 0.6 is 0 Å². The van der Waals surface area contributed by atoms with Crippen LogP contribution in [0.15, 0.2) is 48.5 Å². The number of rotatable bonds is 4. The van der Waals surface area contributed by atoms with Crippen molar-refractivity contribution in [2.75, 3.05) is 25.1 Å². The second-order valence-electron chi connectivity index (χ2n) is 6.44. The van der Waals surface area contributed by atoms with Crippen molar-refractivity contribution in [3.05, 3.63) is 65.2 Å². The fourth-order valence-electron chi connectivity index (χ4n) is 3.08. The van der Waals surface area contributed by atoms with E-state index in [4.69, 9.17) is 0 Å². The number of carbonyl (C=O) groups excluding carboxylic acids is 2. The topological polar surface area (TPSA) is 49.9 Å². The van der Waals surface area contributed by atoms with E-state index < -0.39 is 17.7 Å². The maximum Gasteiger partial charge on any atom is 0.416 e. The van der Waals surface area contributed by atoms with Crippen LogP contribution in [0.4, 0.5) is 23.7 Å². The van der Waals surface area contributed by atoms with Crippen molar-refractivity contribution in [2.24, 2.45) is 0 Å². The summed E-state index contributed by atoms with van der Waals surface area (Å²) < 4.78 is 42.7. The summed E-state index contributed by atoms with van der Waals surface area (Å²) in [6.45, 7) is 1.28. The fraction of sp³-hybridized carbons (Fsp3) is 0.300. The number of amides is 2. The molecule has 28 heavy (non-hydrogen) atoms. The first-order valence-corrected chi connectivity index (χ1v) is 8.70. The van der Waals surface area contributed by atoms with Gasteiger partial charge in [-0.2, -0.15) is 13.2 Å². The van der Waals surface area contributed by atoms with Crippen LogP contribution in [-0.2, 0) is 17.5 Å². The van der Waals surface area contributed by atoms with E-state index in [2.05, 4.69) is 4.74 Å². The van der Waals surface area contributed by atoms with Crippen molar-refractivity contribution >= 4 is 17.7 Å². The molecule has 0 aromatic heterocycles. The van der Waals surface area contributed by atoms with E-state index in [9.17, 15) is 22.8 Å². The average Bonchev–Trinajstić information content (AvgIpc) is 2.69. The Bertz CT molecular complexity index is 848. The highest BCUT2D eigenvalue weighted by Gasteiger charge is 2.30. The van der Waals surface area contributed by atoms with Gasteiger partial charge in [-0.25, -0.2) is 9.59 Å². The van der Waals surface area contributed by atoms with E-state index in [0.29, 0.717) is 29.9 Å². The first kappa shape index (κ1) is 19.7. The van der Waals surface area contributed by atoms with Crippen LogP contribution < -0.4 is 4.90 Å². The lowest BCUT2D eigenvalue weighted by atomic mass is 10.1. The quantitative estimate of drug-likeness (QED) is 0.728. The van der Waals surface area contributed by atoms with Gasteiger partial charge in [0.15, 0.2) is 0 Å². The van der Waals surface area contributed by atoms with Crippen LogP contribution in [0.2, 0.25) is 0 Å². The van der Waals surface area contributed by atoms with E-state index >= 15 is 0 Å². The molecule has 0 saturated carbocycles. The Kier molecular flexibility index (Phi) is 5.58. The van der Waals surface area contributed by atoms with Crippen molar-refractivity contribution < 1.29 is 27.5 Å². The Hall–Kier alpha value is -3.03. The Morgan fingerprint density at radius 1 is 1.04 bits per heavy atom. The summed E-state index contributed by atoms with van der Waals surface area (Å²) >= 11 is 0. The summed E-state index contributed by atoms with van der Waals surface area (Å²) in [5.74, 6) is -0.458. The van der Waals surface area contributed by atoms with Gasteiger partial charge in [-0.05, 0) is 48.4 Å². The molecule has 1 fully saturated rings. The van der Waals surface area contributed by atoms with Gasteiger partial charge in [-0.1, -0.05) is 12.1 Å². The first-order valence-electron chi connectivity index (χ1n) is 8.70. The average molecular weight is 392 g/mol. The molecule has 0 unspecified atom stereocenters. The lowest BCUT2D eigenvalue weighted by Crippen LogP contribution is -2.49. The van der Waals surface area contributed by atoms with Crippen molar-refractivity contribution in [1.29, 1.82) is 0 Å². The van der Waals surface area contributed by atoms with E-state index in [1.54, 1.807) is 34.1 Å². The number of ether oxygens (including phenoxy) is 1. The second kappa shape index (κ2) is 7.92. The number of esters is 1. The number of urea groups is 1. The number of benzene rings is 2. The van der Waals surface area contributed by atoms with Gasteiger partial charge in [0.25, 0.3) is 0 Å². The molecule has 1 aliphatic heterocycles. The summed E-state index contributed by atoms with van der Waals surface area (Å²) in [5, 5.41) is 0. The van der Waals surface area contributed by atoms with E-state index in [1.807, 2.05) is 0 Å². The molecule has 0 spiro atoms. The number of hydrogen-bond acceptors (Lipinski definition) is 3. The van der Waals surface area contributed by atoms with E-state index in [-0.39, 0.29) is 12.6 Å². The molecular formula is C20H19F3N2O3. The lowest BCUT2D eigenvalue weighted by Gasteiger charge is -2.35. The third kappa shape index (κ3) is 4.27. The zero-order chi connectivity index (χ0) is 20.3. The Labute approximate surface area is 160 Å². The molecule has 1 aliphatic rings. The molecule has 1 heterocycles. The smallest absolute Gasteiger partial charge is 0.416 e. The fourth-order valence-corrected chi connectivity index (χ4v) is 3.08. The highest BCUT2D eigenvalue weighted by molar-refractivity contribution is 5.94. The third-order valence-electron chi connectivity index (χ3n) is 4.57. The van der Waals surface area contributed by atoms with Gasteiger partial charge < -0.3 is 9.64 Å². The molecule has 2 aromatic rings. The summed E-state index contributed by atoms with van der Waals surface area (Å²) in [7, 11) is 1.30. The molecule has 148 valence electrons. The normalized spacial score (nSPS) is 14.9. The minimum absolute atomic E-state index is 0.225. The summed E-state index contributed by atoms with van der Waals surface area (Å²) in [6.07, 6.45) is -3.65. The van der Waals surface area contributed by atoms with Crippen LogP contribution in [0, 0.1) is 0 Å². The zero-order valence-electron chi connectivity index (χ0n) is 15.2. The van der Waals surface area contributed by atoms with Gasteiger partial charge >= 0.3 is 18.2 Å². The van der Waals surface area contributed by atoms with Crippen molar-refractivity contribution in [3.8, 4) is 0 Å². The van der Waals surface area contributed by atoms with Gasteiger partial charge in [-0.3, -0.25) is 4.90 Å². The monoisotopic (exact) mass is 392 g/mol. The van der Waals surface area contributed by atoms with Crippen molar-refractivity contribution in [3.63, 3.8) is 0 Å². The number of nitrogens with zero attached hydrogens (tertiary/aromatic N) is 2. The molecule has 3 rings (SSSR count). The maximum atomic E-state index is 12.8. The minimum Gasteiger partial charge on any atom is -0.465 e. The standard InChI is InChI=1S/C20H19F3N2O3/c1-28-18(26)15-5-9-17(10-6-15)25-12-2-11-24(19(25)27)13-14-3-7-16(8-4-14)20(21,22)23/h3-10H,2,11-13H2,1H3. The third-order valence-corrected chi connectivity index (χ3v) is 4.57. The highest BCUT2D eigenvalue weighted by Crippen LogP contribution is 2.29. The molecule has 0 N–H and O–H groups in total. The highest BCUT2D eigenvalue weighted by atomic mass is 19.4. The van der Waals surface area contributed by atoms with Gasteiger partial charge in [0.2, 0.25) is 0 Å².